The molecule has 2 rings (SSSR count). The smallest absolute Gasteiger partial charge is 0.331 e. The van der Waals surface area contributed by atoms with Crippen LogP contribution in [-0.2, 0) is 20.4 Å². The molecule has 0 aliphatic heterocycles. The van der Waals surface area contributed by atoms with Crippen LogP contribution >= 0.6 is 0 Å². The molecule has 3 nitrogen and oxygen atoms in total. The Morgan fingerprint density at radius 1 is 0.846 bits per heavy atom. The molecule has 1 aromatic carbocycles. The van der Waals surface area contributed by atoms with Gasteiger partial charge in [0.25, 0.3) is 0 Å². The van der Waals surface area contributed by atoms with Crippen LogP contribution < -0.4 is 0 Å². The number of carbonyl (C=O) groups excluding carboxylic acids is 1. The number of carbonyl (C=O) groups is 1. The highest BCUT2D eigenvalue weighted by Gasteiger charge is 2.37. The number of aromatic hydroxyl groups is 1. The predicted octanol–water partition coefficient (Wildman–Crippen LogP) is 9.99. The molecule has 1 aliphatic carbocycles. The van der Waals surface area contributed by atoms with Crippen molar-refractivity contribution < 1.29 is 14.6 Å². The third-order valence-corrected chi connectivity index (χ3v) is 9.69. The number of esters is 1. The number of ether oxygens (including phenoxy) is 1. The minimum Gasteiger partial charge on any atom is -0.507 e. The van der Waals surface area contributed by atoms with Gasteiger partial charge in [0.1, 0.15) is 11.9 Å². The fourth-order valence-electron chi connectivity index (χ4n) is 4.73. The molecule has 0 aromatic heterocycles. The molecule has 0 saturated carbocycles. The molecule has 0 heterocycles. The molecule has 1 atom stereocenters. The van der Waals surface area contributed by atoms with Crippen molar-refractivity contribution >= 4 is 12.0 Å². The molecule has 0 bridgehead atoms. The first kappa shape index (κ1) is 32.7. The molecular weight excluding hydrogens is 480 g/mol. The van der Waals surface area contributed by atoms with Crippen LogP contribution in [-0.4, -0.2) is 17.2 Å². The van der Waals surface area contributed by atoms with Crippen LogP contribution in [0.15, 0.2) is 53.7 Å². The lowest BCUT2D eigenvalue weighted by atomic mass is 9.69. The van der Waals surface area contributed by atoms with Crippen molar-refractivity contribution in [2.75, 3.05) is 0 Å². The van der Waals surface area contributed by atoms with Gasteiger partial charge in [-0.05, 0) is 81.8 Å². The standard InChI is InChI=1S/C36H54O3/c1-14-30(37)39-32-25(21-27(34(8,9)16-3)23-29(32)36(12,13)18-5)19-24-20-26(33(6,7)15-2)22-28(31(24)38)35(10,11)17-4/h14,19-23,32,38H,1,15-18H2,2-13H3. The number of hydrogen-bond acceptors (Lipinski definition) is 3. The van der Waals surface area contributed by atoms with Crippen LogP contribution in [0, 0.1) is 10.8 Å². The molecule has 3 heteroatoms. The SMILES string of the molecule is C=CC(=O)OC1C(=Cc2cc(C(C)(C)CC)cc(C(C)(C)CC)c2O)C=C(C(C)(C)CC)C=C1C(C)(C)CC. The highest BCUT2D eigenvalue weighted by atomic mass is 16.5. The van der Waals surface area contributed by atoms with E-state index < -0.39 is 12.1 Å². The zero-order chi connectivity index (χ0) is 30.0. The van der Waals surface area contributed by atoms with Gasteiger partial charge in [-0.25, -0.2) is 4.79 Å². The quantitative estimate of drug-likeness (QED) is 0.227. The zero-order valence-electron chi connectivity index (χ0n) is 26.8. The Morgan fingerprint density at radius 2 is 1.38 bits per heavy atom. The molecule has 216 valence electrons. The van der Waals surface area contributed by atoms with E-state index in [4.69, 9.17) is 4.74 Å². The lowest BCUT2D eigenvalue weighted by molar-refractivity contribution is -0.140. The summed E-state index contributed by atoms with van der Waals surface area (Å²) in [6.45, 7) is 30.2. The van der Waals surface area contributed by atoms with Crippen molar-refractivity contribution in [3.63, 3.8) is 0 Å². The van der Waals surface area contributed by atoms with Gasteiger partial charge in [0.05, 0.1) is 0 Å². The third-order valence-electron chi connectivity index (χ3n) is 9.69. The normalized spacial score (nSPS) is 18.1. The van der Waals surface area contributed by atoms with Crippen molar-refractivity contribution in [2.24, 2.45) is 10.8 Å². The fourth-order valence-corrected chi connectivity index (χ4v) is 4.73. The number of phenolic OH excluding ortho intramolecular Hbond substituents is 1. The maximum atomic E-state index is 12.6. The minimum absolute atomic E-state index is 0.0543. The molecule has 1 aliphatic rings. The van der Waals surface area contributed by atoms with Gasteiger partial charge in [-0.1, -0.05) is 108 Å². The first-order valence-electron chi connectivity index (χ1n) is 14.8. The lowest BCUT2D eigenvalue weighted by Gasteiger charge is -2.38. The molecule has 0 fully saturated rings. The molecule has 1 N–H and O–H groups in total. The van der Waals surface area contributed by atoms with Crippen LogP contribution in [0.3, 0.4) is 0 Å². The summed E-state index contributed by atoms with van der Waals surface area (Å²) in [6, 6.07) is 4.31. The number of allylic oxidation sites excluding steroid dienone is 2. The number of benzene rings is 1. The second-order valence-electron chi connectivity index (χ2n) is 13.8. The van der Waals surface area contributed by atoms with Gasteiger partial charge in [-0.3, -0.25) is 0 Å². The van der Waals surface area contributed by atoms with Crippen LogP contribution in [0.4, 0.5) is 0 Å². The number of phenols is 1. The highest BCUT2D eigenvalue weighted by molar-refractivity contribution is 5.82. The van der Waals surface area contributed by atoms with Gasteiger partial charge >= 0.3 is 5.97 Å². The maximum Gasteiger partial charge on any atom is 0.331 e. The van der Waals surface area contributed by atoms with Crippen molar-refractivity contribution in [1.29, 1.82) is 0 Å². The molecule has 1 aromatic rings. The number of hydrogen-bond donors (Lipinski definition) is 1. The van der Waals surface area contributed by atoms with Crippen molar-refractivity contribution in [1.82, 2.24) is 0 Å². The van der Waals surface area contributed by atoms with Gasteiger partial charge in [-0.2, -0.15) is 0 Å². The molecular formula is C36H54O3. The van der Waals surface area contributed by atoms with Crippen LogP contribution in [0.1, 0.15) is 125 Å². The Labute approximate surface area is 239 Å². The Morgan fingerprint density at radius 3 is 1.87 bits per heavy atom. The zero-order valence-corrected chi connectivity index (χ0v) is 26.8. The van der Waals surface area contributed by atoms with E-state index in [0.717, 1.165) is 48.0 Å². The van der Waals surface area contributed by atoms with E-state index in [1.54, 1.807) is 0 Å². The second kappa shape index (κ2) is 11.9. The summed E-state index contributed by atoms with van der Waals surface area (Å²) >= 11 is 0. The van der Waals surface area contributed by atoms with E-state index in [0.29, 0.717) is 5.75 Å². The largest absolute Gasteiger partial charge is 0.507 e. The highest BCUT2D eigenvalue weighted by Crippen LogP contribution is 2.46. The van der Waals surface area contributed by atoms with Crippen molar-refractivity contribution in [2.45, 2.75) is 126 Å². The second-order valence-corrected chi connectivity index (χ2v) is 13.8. The topological polar surface area (TPSA) is 46.5 Å². The summed E-state index contributed by atoms with van der Waals surface area (Å²) in [4.78, 5) is 12.6. The summed E-state index contributed by atoms with van der Waals surface area (Å²) in [5.41, 5.74) is 5.56. The molecule has 0 saturated heterocycles. The molecule has 0 spiro atoms. The van der Waals surface area contributed by atoms with Crippen molar-refractivity contribution in [3.05, 3.63) is 70.3 Å². The summed E-state index contributed by atoms with van der Waals surface area (Å²) in [7, 11) is 0. The van der Waals surface area contributed by atoms with E-state index >= 15 is 0 Å². The van der Waals surface area contributed by atoms with E-state index in [-0.39, 0.29) is 21.7 Å². The Bertz CT molecular complexity index is 1170. The van der Waals surface area contributed by atoms with Crippen LogP contribution in [0.25, 0.3) is 6.08 Å². The van der Waals surface area contributed by atoms with E-state index in [9.17, 15) is 9.90 Å². The number of rotatable bonds is 11. The monoisotopic (exact) mass is 534 g/mol. The van der Waals surface area contributed by atoms with Crippen molar-refractivity contribution in [3.8, 4) is 5.75 Å². The third kappa shape index (κ3) is 6.97. The Balaban J connectivity index is 3.00. The first-order chi connectivity index (χ1) is 17.9. The van der Waals surface area contributed by atoms with Gasteiger partial charge in [-0.15, -0.1) is 0 Å². The summed E-state index contributed by atoms with van der Waals surface area (Å²) in [5.74, 6) is -0.150. The fraction of sp³-hybridized carbons (Fsp3) is 0.583. The summed E-state index contributed by atoms with van der Waals surface area (Å²) in [5, 5.41) is 11.7. The van der Waals surface area contributed by atoms with E-state index in [1.807, 2.05) is 6.08 Å². The molecule has 39 heavy (non-hydrogen) atoms. The average Bonchev–Trinajstić information content (AvgIpc) is 2.89. The van der Waals surface area contributed by atoms with Crippen LogP contribution in [0.2, 0.25) is 0 Å². The van der Waals surface area contributed by atoms with Gasteiger partial charge in [0.2, 0.25) is 0 Å². The summed E-state index contributed by atoms with van der Waals surface area (Å²) in [6.07, 6.45) is 10.9. The molecule has 0 amide bonds. The maximum absolute atomic E-state index is 12.6. The first-order valence-corrected chi connectivity index (χ1v) is 14.8. The van der Waals surface area contributed by atoms with Gasteiger partial charge in [0, 0.05) is 17.2 Å². The average molecular weight is 535 g/mol. The molecule has 0 radical (unpaired) electrons. The summed E-state index contributed by atoms with van der Waals surface area (Å²) < 4.78 is 6.08. The lowest BCUT2D eigenvalue weighted by Crippen LogP contribution is -2.33. The Hall–Kier alpha value is -2.55. The van der Waals surface area contributed by atoms with E-state index in [2.05, 4.69) is 114 Å². The minimum atomic E-state index is -0.563. The Kier molecular flexibility index (Phi) is 9.97. The van der Waals surface area contributed by atoms with Crippen LogP contribution in [0.5, 0.6) is 5.75 Å². The van der Waals surface area contributed by atoms with Gasteiger partial charge < -0.3 is 9.84 Å². The van der Waals surface area contributed by atoms with E-state index in [1.165, 1.54) is 17.2 Å². The van der Waals surface area contributed by atoms with Gasteiger partial charge in [0.15, 0.2) is 0 Å². The molecule has 1 unspecified atom stereocenters. The predicted molar refractivity (Wildman–Crippen MR) is 167 cm³/mol.